The first-order chi connectivity index (χ1) is 8.44. The maximum atomic E-state index is 11.6. The van der Waals surface area contributed by atoms with E-state index < -0.39 is 5.60 Å². The van der Waals surface area contributed by atoms with Gasteiger partial charge in [0.2, 0.25) is 0 Å². The van der Waals surface area contributed by atoms with E-state index in [1.165, 1.54) is 32.1 Å². The zero-order valence-corrected chi connectivity index (χ0v) is 11.8. The molecule has 18 heavy (non-hydrogen) atoms. The first-order valence-corrected chi connectivity index (χ1v) is 7.19. The zero-order valence-electron chi connectivity index (χ0n) is 11.8. The third-order valence-electron chi connectivity index (χ3n) is 3.55. The minimum atomic E-state index is -0.411. The monoisotopic (exact) mass is 254 g/mol. The van der Waals surface area contributed by atoms with Crippen LogP contribution in [0.1, 0.15) is 59.3 Å². The van der Waals surface area contributed by atoms with Crippen LogP contribution in [0.4, 0.5) is 4.79 Å². The summed E-state index contributed by atoms with van der Waals surface area (Å²) in [6, 6.07) is 1.39. The number of hydrogen-bond donors (Lipinski definition) is 2. The molecule has 0 heterocycles. The normalized spacial score (nSPS) is 28.8. The van der Waals surface area contributed by atoms with E-state index in [9.17, 15) is 4.79 Å². The van der Waals surface area contributed by atoms with Gasteiger partial charge in [0.25, 0.3) is 0 Å². The molecule has 4 heteroatoms. The number of rotatable bonds is 3. The Kier molecular flexibility index (Phi) is 4.15. The molecule has 2 rings (SSSR count). The van der Waals surface area contributed by atoms with Crippen LogP contribution in [0.5, 0.6) is 0 Å². The number of carbonyl (C=O) groups is 1. The predicted octanol–water partition coefficient (Wildman–Crippen LogP) is 2.57. The van der Waals surface area contributed by atoms with Crippen LogP contribution in [0.15, 0.2) is 0 Å². The molecule has 0 aliphatic heterocycles. The van der Waals surface area contributed by atoms with Crippen LogP contribution < -0.4 is 10.6 Å². The molecule has 4 nitrogen and oxygen atoms in total. The van der Waals surface area contributed by atoms with E-state index in [-0.39, 0.29) is 12.1 Å². The molecule has 2 saturated carbocycles. The molecule has 0 aromatic carbocycles. The van der Waals surface area contributed by atoms with Gasteiger partial charge in [0.15, 0.2) is 0 Å². The van der Waals surface area contributed by atoms with Crippen LogP contribution in [-0.4, -0.2) is 29.8 Å². The Labute approximate surface area is 110 Å². The van der Waals surface area contributed by atoms with Crippen molar-refractivity contribution in [3.05, 3.63) is 0 Å². The summed E-state index contributed by atoms with van der Waals surface area (Å²) in [5.41, 5.74) is -0.411. The number of alkyl carbamates (subject to hydrolysis) is 1. The van der Waals surface area contributed by atoms with Gasteiger partial charge in [-0.1, -0.05) is 19.3 Å². The topological polar surface area (TPSA) is 50.4 Å². The molecular formula is C14H26N2O2. The van der Waals surface area contributed by atoms with E-state index in [1.807, 2.05) is 20.8 Å². The quantitative estimate of drug-likeness (QED) is 0.814. The number of ether oxygens (including phenoxy) is 1. The fourth-order valence-corrected chi connectivity index (χ4v) is 2.57. The van der Waals surface area contributed by atoms with Gasteiger partial charge in [-0.15, -0.1) is 0 Å². The first kappa shape index (κ1) is 13.7. The second-order valence-corrected chi connectivity index (χ2v) is 6.60. The fourth-order valence-electron chi connectivity index (χ4n) is 2.57. The molecule has 2 N–H and O–H groups in total. The van der Waals surface area contributed by atoms with E-state index in [4.69, 9.17) is 4.74 Å². The molecule has 1 amide bonds. The van der Waals surface area contributed by atoms with Crippen molar-refractivity contribution in [3.8, 4) is 0 Å². The lowest BCUT2D eigenvalue weighted by Crippen LogP contribution is -2.39. The van der Waals surface area contributed by atoms with Crippen LogP contribution in [0.3, 0.4) is 0 Å². The smallest absolute Gasteiger partial charge is 0.407 e. The second kappa shape index (κ2) is 5.47. The van der Waals surface area contributed by atoms with Gasteiger partial charge in [0.05, 0.1) is 0 Å². The van der Waals surface area contributed by atoms with E-state index in [1.54, 1.807) is 0 Å². The Bertz CT molecular complexity index is 293. The average Bonchev–Trinajstić information content (AvgIpc) is 2.94. The minimum absolute atomic E-state index is 0.266. The molecule has 2 aliphatic carbocycles. The van der Waals surface area contributed by atoms with Crippen molar-refractivity contribution in [2.45, 2.75) is 83.0 Å². The van der Waals surface area contributed by atoms with Crippen molar-refractivity contribution in [2.75, 3.05) is 0 Å². The predicted molar refractivity (Wildman–Crippen MR) is 71.6 cm³/mol. The first-order valence-electron chi connectivity index (χ1n) is 7.19. The Morgan fingerprint density at radius 2 is 1.78 bits per heavy atom. The van der Waals surface area contributed by atoms with Gasteiger partial charge in [-0.05, 0) is 40.0 Å². The van der Waals surface area contributed by atoms with Crippen molar-refractivity contribution in [1.29, 1.82) is 0 Å². The van der Waals surface area contributed by atoms with Crippen molar-refractivity contribution in [1.82, 2.24) is 10.6 Å². The van der Waals surface area contributed by atoms with Crippen molar-refractivity contribution in [2.24, 2.45) is 0 Å². The van der Waals surface area contributed by atoms with Crippen molar-refractivity contribution in [3.63, 3.8) is 0 Å². The maximum absolute atomic E-state index is 11.6. The summed E-state index contributed by atoms with van der Waals surface area (Å²) < 4.78 is 5.25. The van der Waals surface area contributed by atoms with Crippen LogP contribution >= 0.6 is 0 Å². The lowest BCUT2D eigenvalue weighted by atomic mass is 9.95. The highest BCUT2D eigenvalue weighted by atomic mass is 16.6. The summed E-state index contributed by atoms with van der Waals surface area (Å²) in [4.78, 5) is 11.6. The molecule has 0 spiro atoms. The highest BCUT2D eigenvalue weighted by Gasteiger charge is 2.40. The molecule has 0 bridgehead atoms. The Balaban J connectivity index is 1.63. The lowest BCUT2D eigenvalue weighted by Gasteiger charge is -2.23. The molecule has 0 saturated heterocycles. The number of hydrogen-bond acceptors (Lipinski definition) is 3. The van der Waals surface area contributed by atoms with Gasteiger partial charge < -0.3 is 15.4 Å². The van der Waals surface area contributed by atoms with Crippen molar-refractivity contribution < 1.29 is 9.53 Å². The third-order valence-corrected chi connectivity index (χ3v) is 3.55. The molecule has 2 fully saturated rings. The third kappa shape index (κ3) is 4.48. The van der Waals surface area contributed by atoms with Crippen LogP contribution in [-0.2, 0) is 4.74 Å². The Morgan fingerprint density at radius 1 is 1.11 bits per heavy atom. The van der Waals surface area contributed by atoms with Gasteiger partial charge in [0, 0.05) is 18.1 Å². The SMILES string of the molecule is CC(C)(C)OC(=O)NC1CC1NC1CCCCC1. The van der Waals surface area contributed by atoms with Gasteiger partial charge in [0.1, 0.15) is 5.60 Å². The highest BCUT2D eigenvalue weighted by Crippen LogP contribution is 2.26. The largest absolute Gasteiger partial charge is 0.444 e. The number of amides is 1. The molecule has 0 aromatic heterocycles. The van der Waals surface area contributed by atoms with Crippen LogP contribution in [0.25, 0.3) is 0 Å². The summed E-state index contributed by atoms with van der Waals surface area (Å²) in [5, 5.41) is 6.57. The van der Waals surface area contributed by atoms with E-state index in [0.717, 1.165) is 6.42 Å². The Hall–Kier alpha value is -0.770. The lowest BCUT2D eigenvalue weighted by molar-refractivity contribution is 0.0521. The number of nitrogens with one attached hydrogen (secondary N) is 2. The molecule has 2 atom stereocenters. The van der Waals surface area contributed by atoms with E-state index in [0.29, 0.717) is 12.1 Å². The zero-order chi connectivity index (χ0) is 13.2. The molecule has 0 aromatic rings. The van der Waals surface area contributed by atoms with Gasteiger partial charge in [-0.2, -0.15) is 0 Å². The summed E-state index contributed by atoms with van der Waals surface area (Å²) in [6.45, 7) is 5.66. The second-order valence-electron chi connectivity index (χ2n) is 6.60. The summed E-state index contributed by atoms with van der Waals surface area (Å²) in [7, 11) is 0. The van der Waals surface area contributed by atoms with E-state index in [2.05, 4.69) is 10.6 Å². The van der Waals surface area contributed by atoms with Crippen molar-refractivity contribution >= 4 is 6.09 Å². The summed E-state index contributed by atoms with van der Waals surface area (Å²) in [5.74, 6) is 0. The minimum Gasteiger partial charge on any atom is -0.444 e. The molecule has 2 aliphatic rings. The average molecular weight is 254 g/mol. The van der Waals surface area contributed by atoms with Gasteiger partial charge in [-0.25, -0.2) is 4.79 Å². The van der Waals surface area contributed by atoms with Gasteiger partial charge >= 0.3 is 6.09 Å². The highest BCUT2D eigenvalue weighted by molar-refractivity contribution is 5.68. The fraction of sp³-hybridized carbons (Fsp3) is 0.929. The standard InChI is InChI=1S/C14H26N2O2/c1-14(2,3)18-13(17)16-12-9-11(12)15-10-7-5-4-6-8-10/h10-12,15H,4-9H2,1-3H3,(H,16,17). The molecule has 2 unspecified atom stereocenters. The molecule has 104 valence electrons. The van der Waals surface area contributed by atoms with Gasteiger partial charge in [-0.3, -0.25) is 0 Å². The Morgan fingerprint density at radius 3 is 2.39 bits per heavy atom. The van der Waals surface area contributed by atoms with Crippen LogP contribution in [0, 0.1) is 0 Å². The van der Waals surface area contributed by atoms with Crippen LogP contribution in [0.2, 0.25) is 0 Å². The molecule has 0 radical (unpaired) electrons. The van der Waals surface area contributed by atoms with E-state index >= 15 is 0 Å². The molecular weight excluding hydrogens is 228 g/mol. The number of carbonyl (C=O) groups excluding carboxylic acids is 1. The summed E-state index contributed by atoms with van der Waals surface area (Å²) in [6.07, 6.45) is 7.38. The summed E-state index contributed by atoms with van der Waals surface area (Å²) >= 11 is 0. The maximum Gasteiger partial charge on any atom is 0.407 e.